The zero-order chi connectivity index (χ0) is 19.4. The number of alkyl halides is 3. The fourth-order valence-corrected chi connectivity index (χ4v) is 2.15. The number of halogens is 3. The summed E-state index contributed by atoms with van der Waals surface area (Å²) in [5, 5.41) is 2.90. The van der Waals surface area contributed by atoms with Crippen LogP contribution in [0.4, 0.5) is 30.4 Å². The molecule has 9 heteroatoms. The van der Waals surface area contributed by atoms with Gasteiger partial charge in [-0.05, 0) is 43.3 Å². The number of rotatable bonds is 5. The lowest BCUT2D eigenvalue weighted by molar-refractivity contribution is -0.274. The second-order valence-electron chi connectivity index (χ2n) is 5.55. The highest BCUT2D eigenvalue weighted by Gasteiger charge is 2.30. The predicted octanol–water partition coefficient (Wildman–Crippen LogP) is 4.80. The minimum absolute atomic E-state index is 0.161. The minimum atomic E-state index is -4.74. The van der Waals surface area contributed by atoms with E-state index in [2.05, 4.69) is 20.0 Å². The van der Waals surface area contributed by atoms with Crippen LogP contribution in [0.15, 0.2) is 54.9 Å². The molecule has 6 nitrogen and oxygen atoms in total. The number of aryl methyl sites for hydroxylation is 1. The lowest BCUT2D eigenvalue weighted by atomic mass is 10.2. The molecule has 0 aliphatic rings. The normalized spacial score (nSPS) is 11.1. The summed E-state index contributed by atoms with van der Waals surface area (Å²) in [7, 11) is 0. The van der Waals surface area contributed by atoms with Crippen LogP contribution in [-0.2, 0) is 0 Å². The van der Waals surface area contributed by atoms with E-state index in [1.165, 1.54) is 30.6 Å². The predicted molar refractivity (Wildman–Crippen MR) is 94.1 cm³/mol. The van der Waals surface area contributed by atoms with E-state index in [-0.39, 0.29) is 23.1 Å². The summed E-state index contributed by atoms with van der Waals surface area (Å²) in [5.41, 5.74) is 7.75. The van der Waals surface area contributed by atoms with Crippen molar-refractivity contribution in [1.29, 1.82) is 0 Å². The third-order valence-electron chi connectivity index (χ3n) is 3.43. The molecule has 0 aliphatic carbocycles. The van der Waals surface area contributed by atoms with Crippen LogP contribution in [0.5, 0.6) is 17.4 Å². The molecule has 0 fully saturated rings. The summed E-state index contributed by atoms with van der Waals surface area (Å²) in [4.78, 5) is 8.04. The SMILES string of the molecule is Cc1ccc(Oc2ncnc(Nc3ccc(OC(F)(F)F)cc3)c2N)cc1. The van der Waals surface area contributed by atoms with Crippen molar-refractivity contribution in [2.75, 3.05) is 11.1 Å². The minimum Gasteiger partial charge on any atom is -0.437 e. The van der Waals surface area contributed by atoms with Crippen molar-refractivity contribution >= 4 is 17.2 Å². The van der Waals surface area contributed by atoms with Crippen molar-refractivity contribution in [2.24, 2.45) is 0 Å². The van der Waals surface area contributed by atoms with Gasteiger partial charge in [-0.1, -0.05) is 17.7 Å². The average Bonchev–Trinajstić information content (AvgIpc) is 2.61. The van der Waals surface area contributed by atoms with Gasteiger partial charge in [0.25, 0.3) is 0 Å². The molecule has 0 saturated heterocycles. The van der Waals surface area contributed by atoms with Gasteiger partial charge in [-0.2, -0.15) is 4.98 Å². The van der Waals surface area contributed by atoms with E-state index < -0.39 is 6.36 Å². The molecule has 0 aliphatic heterocycles. The Kier molecular flexibility index (Phi) is 5.02. The van der Waals surface area contributed by atoms with Crippen molar-refractivity contribution in [3.8, 4) is 17.4 Å². The Balaban J connectivity index is 1.74. The number of nitrogens with one attached hydrogen (secondary N) is 1. The first-order chi connectivity index (χ1) is 12.8. The molecule has 0 radical (unpaired) electrons. The number of hydrogen-bond acceptors (Lipinski definition) is 6. The van der Waals surface area contributed by atoms with Crippen LogP contribution in [0.1, 0.15) is 5.56 Å². The van der Waals surface area contributed by atoms with Crippen molar-refractivity contribution in [3.05, 3.63) is 60.4 Å². The van der Waals surface area contributed by atoms with Gasteiger partial charge in [-0.3, -0.25) is 0 Å². The van der Waals surface area contributed by atoms with Crippen LogP contribution in [0, 0.1) is 6.92 Å². The van der Waals surface area contributed by atoms with Gasteiger partial charge in [0.05, 0.1) is 0 Å². The average molecular weight is 376 g/mol. The van der Waals surface area contributed by atoms with Gasteiger partial charge >= 0.3 is 6.36 Å². The standard InChI is InChI=1S/C18H15F3N4O2/c1-11-2-6-13(7-3-11)26-17-15(22)16(23-10-24-17)25-12-4-8-14(9-5-12)27-18(19,20)21/h2-10H,22H2,1H3,(H,23,24,25). The smallest absolute Gasteiger partial charge is 0.437 e. The van der Waals surface area contributed by atoms with Gasteiger partial charge in [-0.15, -0.1) is 13.2 Å². The van der Waals surface area contributed by atoms with Gasteiger partial charge in [-0.25, -0.2) is 4.98 Å². The first-order valence-electron chi connectivity index (χ1n) is 7.78. The molecule has 1 aromatic heterocycles. The summed E-state index contributed by atoms with van der Waals surface area (Å²) in [5.74, 6) is 0.655. The molecule has 3 N–H and O–H groups in total. The molecule has 0 spiro atoms. The van der Waals surface area contributed by atoms with E-state index >= 15 is 0 Å². The van der Waals surface area contributed by atoms with Crippen molar-refractivity contribution in [1.82, 2.24) is 9.97 Å². The zero-order valence-electron chi connectivity index (χ0n) is 14.1. The van der Waals surface area contributed by atoms with Crippen molar-refractivity contribution in [3.63, 3.8) is 0 Å². The van der Waals surface area contributed by atoms with Gasteiger partial charge in [0, 0.05) is 5.69 Å². The molecule has 0 atom stereocenters. The summed E-state index contributed by atoms with van der Waals surface area (Å²) < 4.78 is 46.1. The first kappa shape index (κ1) is 18.3. The Morgan fingerprint density at radius 1 is 0.926 bits per heavy atom. The molecule has 0 saturated carbocycles. The van der Waals surface area contributed by atoms with Crippen LogP contribution < -0.4 is 20.5 Å². The van der Waals surface area contributed by atoms with E-state index in [0.29, 0.717) is 11.4 Å². The van der Waals surface area contributed by atoms with E-state index in [9.17, 15) is 13.2 Å². The van der Waals surface area contributed by atoms with E-state index in [4.69, 9.17) is 10.5 Å². The molecule has 0 bridgehead atoms. The first-order valence-corrected chi connectivity index (χ1v) is 7.78. The molecule has 0 unspecified atom stereocenters. The lowest BCUT2D eigenvalue weighted by Gasteiger charge is -2.13. The third-order valence-corrected chi connectivity index (χ3v) is 3.43. The maximum atomic E-state index is 12.2. The van der Waals surface area contributed by atoms with Crippen LogP contribution in [0.2, 0.25) is 0 Å². The summed E-state index contributed by atoms with van der Waals surface area (Å²) in [6, 6.07) is 12.5. The third kappa shape index (κ3) is 5.00. The highest BCUT2D eigenvalue weighted by molar-refractivity contribution is 5.72. The number of anilines is 3. The highest BCUT2D eigenvalue weighted by atomic mass is 19.4. The van der Waals surface area contributed by atoms with Crippen LogP contribution in [0.25, 0.3) is 0 Å². The molecule has 2 aromatic carbocycles. The second kappa shape index (κ2) is 7.40. The Morgan fingerprint density at radius 3 is 2.19 bits per heavy atom. The number of ether oxygens (including phenoxy) is 2. The summed E-state index contributed by atoms with van der Waals surface area (Å²) in [6.07, 6.45) is -3.47. The number of nitrogens with zero attached hydrogens (tertiary/aromatic N) is 2. The highest BCUT2D eigenvalue weighted by Crippen LogP contribution is 2.31. The molecule has 3 aromatic rings. The van der Waals surface area contributed by atoms with Gasteiger partial charge in [0.15, 0.2) is 5.82 Å². The Bertz CT molecular complexity index is 913. The lowest BCUT2D eigenvalue weighted by Crippen LogP contribution is -2.17. The molecule has 27 heavy (non-hydrogen) atoms. The van der Waals surface area contributed by atoms with Gasteiger partial charge in [0.2, 0.25) is 5.88 Å². The molecule has 0 amide bonds. The maximum absolute atomic E-state index is 12.2. The number of hydrogen-bond donors (Lipinski definition) is 2. The Labute approximate surface area is 152 Å². The summed E-state index contributed by atoms with van der Waals surface area (Å²) in [6.45, 7) is 1.95. The fraction of sp³-hybridized carbons (Fsp3) is 0.111. The Hall–Kier alpha value is -3.49. The van der Waals surface area contributed by atoms with Crippen LogP contribution in [0.3, 0.4) is 0 Å². The maximum Gasteiger partial charge on any atom is 0.573 e. The topological polar surface area (TPSA) is 82.3 Å². The monoisotopic (exact) mass is 376 g/mol. The van der Waals surface area contributed by atoms with Crippen molar-refractivity contribution in [2.45, 2.75) is 13.3 Å². The van der Waals surface area contributed by atoms with Crippen LogP contribution >= 0.6 is 0 Å². The molecule has 1 heterocycles. The Morgan fingerprint density at radius 2 is 1.56 bits per heavy atom. The second-order valence-corrected chi connectivity index (χ2v) is 5.55. The van der Waals surface area contributed by atoms with Crippen LogP contribution in [-0.4, -0.2) is 16.3 Å². The molecule has 3 rings (SSSR count). The van der Waals surface area contributed by atoms with E-state index in [0.717, 1.165) is 5.56 Å². The quantitative estimate of drug-likeness (QED) is 0.666. The van der Waals surface area contributed by atoms with E-state index in [1.54, 1.807) is 12.1 Å². The van der Waals surface area contributed by atoms with Gasteiger partial charge in [0.1, 0.15) is 23.5 Å². The molecular weight excluding hydrogens is 361 g/mol. The fourth-order valence-electron chi connectivity index (χ4n) is 2.15. The number of aromatic nitrogens is 2. The number of nitrogen functional groups attached to an aromatic ring is 1. The van der Waals surface area contributed by atoms with E-state index in [1.807, 2.05) is 19.1 Å². The number of benzene rings is 2. The largest absolute Gasteiger partial charge is 0.573 e. The van der Waals surface area contributed by atoms with Crippen molar-refractivity contribution < 1.29 is 22.6 Å². The number of nitrogens with two attached hydrogens (primary N) is 1. The molecule has 140 valence electrons. The zero-order valence-corrected chi connectivity index (χ0v) is 14.1. The summed E-state index contributed by atoms with van der Waals surface area (Å²) >= 11 is 0. The van der Waals surface area contributed by atoms with Gasteiger partial charge < -0.3 is 20.5 Å². The molecular formula is C18H15F3N4O2.